The maximum absolute atomic E-state index is 17.0. The van der Waals surface area contributed by atoms with Gasteiger partial charge in [0.2, 0.25) is 11.8 Å². The zero-order valence-electron chi connectivity index (χ0n) is 25.3. The van der Waals surface area contributed by atoms with Crippen LogP contribution >= 0.6 is 0 Å². The average Bonchev–Trinajstić information content (AvgIpc) is 3.60. The molecule has 0 bridgehead atoms. The monoisotopic (exact) mass is 619 g/mol. The Hall–Kier alpha value is -4.66. The summed E-state index contributed by atoms with van der Waals surface area (Å²) in [5.74, 6) is 4.25. The van der Waals surface area contributed by atoms with Gasteiger partial charge in [0, 0.05) is 55.9 Å². The van der Waals surface area contributed by atoms with Gasteiger partial charge in [0.1, 0.15) is 22.9 Å². The summed E-state index contributed by atoms with van der Waals surface area (Å²) >= 11 is 0. The molecule has 5 heterocycles. The van der Waals surface area contributed by atoms with Crippen LogP contribution in [0.25, 0.3) is 22.1 Å². The SMILES string of the molecule is CC#Cc1cnc(O[C@H]2C[C@@H](C(C)=O)N(c3nc(C(F)F)nc4c3oc3ccccc34)C2)c([C@@]2(F)CCN(C(C)=O)C[C@@H]2C)c1. The van der Waals surface area contributed by atoms with Crippen LogP contribution in [0, 0.1) is 17.8 Å². The van der Waals surface area contributed by atoms with E-state index < -0.39 is 36.0 Å². The highest BCUT2D eigenvalue weighted by molar-refractivity contribution is 6.06. The molecule has 12 heteroatoms. The molecule has 0 radical (unpaired) electrons. The molecule has 0 aliphatic carbocycles. The summed E-state index contributed by atoms with van der Waals surface area (Å²) in [6.07, 6.45) is -1.91. The number of anilines is 1. The molecule has 0 unspecified atom stereocenters. The van der Waals surface area contributed by atoms with Gasteiger partial charge in [0.15, 0.2) is 23.0 Å². The van der Waals surface area contributed by atoms with Gasteiger partial charge in [0.25, 0.3) is 6.43 Å². The number of nitrogens with zero attached hydrogens (tertiary/aromatic N) is 5. The molecule has 0 spiro atoms. The number of ketones is 1. The van der Waals surface area contributed by atoms with Gasteiger partial charge >= 0.3 is 0 Å². The van der Waals surface area contributed by atoms with Gasteiger partial charge in [-0.3, -0.25) is 9.59 Å². The number of rotatable bonds is 6. The van der Waals surface area contributed by atoms with Crippen molar-refractivity contribution in [3.05, 3.63) is 53.5 Å². The Morgan fingerprint density at radius 1 is 1.18 bits per heavy atom. The molecule has 45 heavy (non-hydrogen) atoms. The molecule has 4 aromatic rings. The summed E-state index contributed by atoms with van der Waals surface area (Å²) in [6.45, 7) is 6.82. The number of amides is 1. The van der Waals surface area contributed by atoms with Crippen LogP contribution in [0.15, 0.2) is 40.9 Å². The predicted octanol–water partition coefficient (Wildman–Crippen LogP) is 5.75. The van der Waals surface area contributed by atoms with Crippen molar-refractivity contribution in [2.75, 3.05) is 24.5 Å². The van der Waals surface area contributed by atoms with Crippen LogP contribution in [0.3, 0.4) is 0 Å². The van der Waals surface area contributed by atoms with Crippen LogP contribution in [0.4, 0.5) is 19.0 Å². The van der Waals surface area contributed by atoms with Crippen LogP contribution in [0.1, 0.15) is 63.9 Å². The Morgan fingerprint density at radius 2 is 1.96 bits per heavy atom. The summed E-state index contributed by atoms with van der Waals surface area (Å²) in [5, 5.41) is 0.548. The molecular weight excluding hydrogens is 587 g/mol. The highest BCUT2D eigenvalue weighted by atomic mass is 19.3. The Kier molecular flexibility index (Phi) is 7.89. The fourth-order valence-corrected chi connectivity index (χ4v) is 6.40. The van der Waals surface area contributed by atoms with Gasteiger partial charge in [-0.15, -0.1) is 5.92 Å². The Bertz CT molecular complexity index is 1870. The van der Waals surface area contributed by atoms with E-state index in [9.17, 15) is 18.4 Å². The second kappa shape index (κ2) is 11.7. The van der Waals surface area contributed by atoms with E-state index in [1.54, 1.807) is 54.0 Å². The Labute approximate surface area is 257 Å². The fourth-order valence-electron chi connectivity index (χ4n) is 6.40. The number of aromatic nitrogens is 3. The minimum Gasteiger partial charge on any atom is -0.472 e. The molecule has 1 amide bonds. The van der Waals surface area contributed by atoms with Crippen molar-refractivity contribution in [1.82, 2.24) is 19.9 Å². The number of carbonyl (C=O) groups is 2. The first-order valence-electron chi connectivity index (χ1n) is 14.8. The summed E-state index contributed by atoms with van der Waals surface area (Å²) < 4.78 is 57.3. The number of furan rings is 1. The van der Waals surface area contributed by atoms with Crippen LogP contribution in [-0.4, -0.2) is 63.3 Å². The lowest BCUT2D eigenvalue weighted by Crippen LogP contribution is -2.48. The standard InChI is InChI=1S/C33H32F3N5O4/c1-5-8-21-13-24(33(36)11-12-40(20(4)43)16-18(33)2)32(37-15-21)44-22-14-25(19(3)42)41(17-22)31-28-27(38-30(39-31)29(34)35)23-9-6-7-10-26(23)45-28/h6-7,9-10,13,15,18,22,25,29H,11-12,14,16-17H2,1-4H3/t18-,22-,25-,33+/m0/s1. The third kappa shape index (κ3) is 5.45. The number of alkyl halides is 3. The zero-order valence-corrected chi connectivity index (χ0v) is 25.3. The molecule has 6 rings (SSSR count). The molecule has 234 valence electrons. The number of piperidine rings is 1. The van der Waals surface area contributed by atoms with Crippen LogP contribution in [0.2, 0.25) is 0 Å². The maximum atomic E-state index is 17.0. The number of likely N-dealkylation sites (tertiary alicyclic amines) is 1. The maximum Gasteiger partial charge on any atom is 0.297 e. The number of ether oxygens (including phenoxy) is 1. The van der Waals surface area contributed by atoms with E-state index in [1.165, 1.54) is 20.0 Å². The number of halogens is 3. The topological polar surface area (TPSA) is 102 Å². The molecule has 2 saturated heterocycles. The van der Waals surface area contributed by atoms with Gasteiger partial charge in [-0.25, -0.2) is 28.1 Å². The van der Waals surface area contributed by atoms with Crippen LogP contribution in [-0.2, 0) is 15.3 Å². The lowest BCUT2D eigenvalue weighted by molar-refractivity contribution is -0.133. The molecule has 3 aromatic heterocycles. The lowest BCUT2D eigenvalue weighted by atomic mass is 9.78. The number of carbonyl (C=O) groups excluding carboxylic acids is 2. The second-order valence-electron chi connectivity index (χ2n) is 11.7. The number of hydrogen-bond donors (Lipinski definition) is 0. The first kappa shape index (κ1) is 30.4. The molecule has 0 N–H and O–H groups in total. The van der Waals surface area contributed by atoms with E-state index in [1.807, 2.05) is 0 Å². The van der Waals surface area contributed by atoms with Crippen molar-refractivity contribution in [2.24, 2.45) is 5.92 Å². The van der Waals surface area contributed by atoms with Gasteiger partial charge < -0.3 is 19.0 Å². The molecule has 2 aliphatic rings. The van der Waals surface area contributed by atoms with E-state index in [0.29, 0.717) is 16.5 Å². The first-order valence-corrected chi connectivity index (χ1v) is 14.8. The summed E-state index contributed by atoms with van der Waals surface area (Å²) in [5.41, 5.74) is -0.277. The van der Waals surface area contributed by atoms with Crippen molar-refractivity contribution >= 4 is 39.6 Å². The molecule has 2 fully saturated rings. The van der Waals surface area contributed by atoms with E-state index in [2.05, 4.69) is 26.8 Å². The van der Waals surface area contributed by atoms with Gasteiger partial charge in [-0.1, -0.05) is 25.0 Å². The van der Waals surface area contributed by atoms with Gasteiger partial charge in [-0.05, 0) is 32.0 Å². The number of fused-ring (bicyclic) bond motifs is 3. The number of pyridine rings is 1. The smallest absolute Gasteiger partial charge is 0.297 e. The summed E-state index contributed by atoms with van der Waals surface area (Å²) in [7, 11) is 0. The fraction of sp³-hybridized carbons (Fsp3) is 0.424. The molecule has 0 saturated carbocycles. The van der Waals surface area contributed by atoms with Crippen LogP contribution < -0.4 is 9.64 Å². The Balaban J connectivity index is 1.38. The zero-order chi connectivity index (χ0) is 32.0. The highest BCUT2D eigenvalue weighted by Gasteiger charge is 2.47. The molecular formula is C33H32F3N5O4. The number of hydrogen-bond acceptors (Lipinski definition) is 8. The largest absolute Gasteiger partial charge is 0.472 e. The van der Waals surface area contributed by atoms with Crippen molar-refractivity contribution in [3.63, 3.8) is 0 Å². The predicted molar refractivity (Wildman–Crippen MR) is 161 cm³/mol. The normalized spacial score (nSPS) is 23.4. The minimum atomic E-state index is -2.96. The molecule has 2 aliphatic heterocycles. The summed E-state index contributed by atoms with van der Waals surface area (Å²) in [4.78, 5) is 40.9. The quantitative estimate of drug-likeness (QED) is 0.252. The average molecular weight is 620 g/mol. The van der Waals surface area contributed by atoms with Crippen molar-refractivity contribution < 1.29 is 31.9 Å². The highest BCUT2D eigenvalue weighted by Crippen LogP contribution is 2.45. The third-order valence-electron chi connectivity index (χ3n) is 8.73. The number of Topliss-reactive ketones (excluding diaryl/α,β-unsaturated/α-hetero) is 1. The Morgan fingerprint density at radius 3 is 2.64 bits per heavy atom. The molecule has 1 aromatic carbocycles. The number of benzene rings is 1. The van der Waals surface area contributed by atoms with Crippen molar-refractivity contribution in [1.29, 1.82) is 0 Å². The van der Waals surface area contributed by atoms with E-state index in [-0.39, 0.29) is 72.5 Å². The molecule has 9 nitrogen and oxygen atoms in total. The van der Waals surface area contributed by atoms with Crippen LogP contribution in [0.5, 0.6) is 5.88 Å². The number of para-hydroxylation sites is 1. The van der Waals surface area contributed by atoms with E-state index in [0.717, 1.165) is 0 Å². The summed E-state index contributed by atoms with van der Waals surface area (Å²) in [6, 6.07) is 7.79. The van der Waals surface area contributed by atoms with Crippen molar-refractivity contribution in [3.8, 4) is 17.7 Å². The first-order chi connectivity index (χ1) is 21.5. The van der Waals surface area contributed by atoms with Crippen molar-refractivity contribution in [2.45, 2.75) is 64.8 Å². The second-order valence-corrected chi connectivity index (χ2v) is 11.7. The van der Waals surface area contributed by atoms with E-state index in [4.69, 9.17) is 9.15 Å². The minimum absolute atomic E-state index is 0.0447. The van der Waals surface area contributed by atoms with Gasteiger partial charge in [-0.2, -0.15) is 0 Å². The molecule has 4 atom stereocenters. The van der Waals surface area contributed by atoms with E-state index >= 15 is 4.39 Å². The van der Waals surface area contributed by atoms with Gasteiger partial charge in [0.05, 0.1) is 18.2 Å². The lowest BCUT2D eigenvalue weighted by Gasteiger charge is -2.41. The third-order valence-corrected chi connectivity index (χ3v) is 8.73.